The lowest BCUT2D eigenvalue weighted by atomic mass is 10.2. The summed E-state index contributed by atoms with van der Waals surface area (Å²) < 4.78 is 10.8. The smallest absolute Gasteiger partial charge is 0.142 e. The van der Waals surface area contributed by atoms with Crippen LogP contribution in [0.5, 0.6) is 11.5 Å². The molecule has 0 fully saturated rings. The Bertz CT molecular complexity index is 620. The number of nitriles is 1. The molecule has 108 valence electrons. The van der Waals surface area contributed by atoms with E-state index in [1.165, 1.54) is 0 Å². The maximum absolute atomic E-state index is 9.82. The van der Waals surface area contributed by atoms with Gasteiger partial charge in [0.25, 0.3) is 0 Å². The molecule has 1 unspecified atom stereocenters. The summed E-state index contributed by atoms with van der Waals surface area (Å²) in [7, 11) is 0. The third-order valence-electron chi connectivity index (χ3n) is 2.78. The fourth-order valence-corrected chi connectivity index (χ4v) is 1.66. The average Bonchev–Trinajstić information content (AvgIpc) is 2.52. The van der Waals surface area contributed by atoms with Crippen LogP contribution in [-0.2, 0) is 0 Å². The lowest BCUT2D eigenvalue weighted by Gasteiger charge is -2.14. The average molecular weight is 284 g/mol. The molecule has 2 aromatic rings. The second-order valence-corrected chi connectivity index (χ2v) is 4.45. The minimum absolute atomic E-state index is 0.0878. The zero-order valence-electron chi connectivity index (χ0n) is 11.4. The molecule has 0 spiro atoms. The van der Waals surface area contributed by atoms with Crippen molar-refractivity contribution in [3.05, 3.63) is 54.1 Å². The molecule has 0 amide bonds. The molecule has 1 atom stereocenters. The van der Waals surface area contributed by atoms with E-state index >= 15 is 0 Å². The predicted octanol–water partition coefficient (Wildman–Crippen LogP) is 1.96. The monoisotopic (exact) mass is 284 g/mol. The second-order valence-electron chi connectivity index (χ2n) is 4.45. The zero-order valence-corrected chi connectivity index (χ0v) is 11.4. The number of hydrogen-bond donors (Lipinski definition) is 2. The van der Waals surface area contributed by atoms with Gasteiger partial charge in [0.1, 0.15) is 30.8 Å². The lowest BCUT2D eigenvalue weighted by Crippen LogP contribution is -2.25. The van der Waals surface area contributed by atoms with Gasteiger partial charge in [0.2, 0.25) is 0 Å². The minimum Gasteiger partial charge on any atom is -0.491 e. The highest BCUT2D eigenvalue weighted by molar-refractivity contribution is 5.51. The van der Waals surface area contributed by atoms with Gasteiger partial charge in [-0.3, -0.25) is 0 Å². The van der Waals surface area contributed by atoms with Crippen molar-refractivity contribution in [3.8, 4) is 17.6 Å². The van der Waals surface area contributed by atoms with Gasteiger partial charge in [-0.25, -0.2) is 0 Å². The second kappa shape index (κ2) is 7.17. The van der Waals surface area contributed by atoms with Gasteiger partial charge in [-0.2, -0.15) is 5.26 Å². The van der Waals surface area contributed by atoms with Crippen molar-refractivity contribution in [3.63, 3.8) is 0 Å². The highest BCUT2D eigenvalue weighted by atomic mass is 16.5. The Balaban J connectivity index is 1.78. The Morgan fingerprint density at radius 2 is 1.71 bits per heavy atom. The summed E-state index contributed by atoms with van der Waals surface area (Å²) in [5, 5.41) is 18.5. The standard InChI is InChI=1S/C16H16N2O3/c17-9-12-5-7-14(8-6-12)20-10-13(19)11-21-16-4-2-1-3-15(16)18/h1-8,13,19H,10-11,18H2. The Morgan fingerprint density at radius 1 is 1.05 bits per heavy atom. The SMILES string of the molecule is N#Cc1ccc(OCC(O)COc2ccccc2N)cc1. The highest BCUT2D eigenvalue weighted by Crippen LogP contribution is 2.19. The van der Waals surface area contributed by atoms with Gasteiger partial charge in [-0.05, 0) is 36.4 Å². The Kier molecular flexibility index (Phi) is 5.02. The molecule has 0 saturated carbocycles. The molecule has 0 saturated heterocycles. The number of nitrogens with zero attached hydrogens (tertiary/aromatic N) is 1. The van der Waals surface area contributed by atoms with Crippen molar-refractivity contribution in [1.29, 1.82) is 5.26 Å². The molecule has 0 aliphatic carbocycles. The number of hydrogen-bond acceptors (Lipinski definition) is 5. The summed E-state index contributed by atoms with van der Waals surface area (Å²) in [6.07, 6.45) is -0.778. The first kappa shape index (κ1) is 14.7. The van der Waals surface area contributed by atoms with Crippen LogP contribution in [0.15, 0.2) is 48.5 Å². The first-order valence-electron chi connectivity index (χ1n) is 6.47. The van der Waals surface area contributed by atoms with Crippen molar-refractivity contribution in [2.24, 2.45) is 0 Å². The molecule has 5 heteroatoms. The molecule has 0 heterocycles. The Morgan fingerprint density at radius 3 is 2.38 bits per heavy atom. The number of benzene rings is 2. The van der Waals surface area contributed by atoms with Crippen molar-refractivity contribution >= 4 is 5.69 Å². The topological polar surface area (TPSA) is 88.5 Å². The van der Waals surface area contributed by atoms with E-state index in [0.717, 1.165) is 0 Å². The van der Waals surface area contributed by atoms with Crippen LogP contribution in [0.25, 0.3) is 0 Å². The van der Waals surface area contributed by atoms with Crippen LogP contribution in [0.4, 0.5) is 5.69 Å². The highest BCUT2D eigenvalue weighted by Gasteiger charge is 2.08. The largest absolute Gasteiger partial charge is 0.491 e. The third kappa shape index (κ3) is 4.41. The van der Waals surface area contributed by atoms with E-state index in [1.54, 1.807) is 36.4 Å². The lowest BCUT2D eigenvalue weighted by molar-refractivity contribution is 0.0629. The van der Waals surface area contributed by atoms with Gasteiger partial charge >= 0.3 is 0 Å². The molecule has 2 rings (SSSR count). The first-order valence-corrected chi connectivity index (χ1v) is 6.47. The molecule has 2 aromatic carbocycles. The number of anilines is 1. The zero-order chi connectivity index (χ0) is 15.1. The summed E-state index contributed by atoms with van der Waals surface area (Å²) in [4.78, 5) is 0. The molecule has 0 bridgehead atoms. The Hall–Kier alpha value is -2.71. The normalized spacial score (nSPS) is 11.4. The van der Waals surface area contributed by atoms with E-state index < -0.39 is 6.10 Å². The van der Waals surface area contributed by atoms with Gasteiger partial charge in [0.05, 0.1) is 17.3 Å². The van der Waals surface area contributed by atoms with Crippen molar-refractivity contribution < 1.29 is 14.6 Å². The molecule has 5 nitrogen and oxygen atoms in total. The van der Waals surface area contributed by atoms with Crippen LogP contribution in [0.3, 0.4) is 0 Å². The summed E-state index contributed by atoms with van der Waals surface area (Å²) in [5.74, 6) is 1.13. The minimum atomic E-state index is -0.778. The summed E-state index contributed by atoms with van der Waals surface area (Å²) in [5.41, 5.74) is 6.82. The quantitative estimate of drug-likeness (QED) is 0.792. The van der Waals surface area contributed by atoms with Crippen LogP contribution in [0, 0.1) is 11.3 Å². The molecule has 0 aliphatic heterocycles. The number of para-hydroxylation sites is 2. The number of nitrogens with two attached hydrogens (primary N) is 1. The summed E-state index contributed by atoms with van der Waals surface area (Å²) in [6.45, 7) is 0.184. The number of rotatable bonds is 6. The van der Waals surface area contributed by atoms with Gasteiger partial charge in [-0.1, -0.05) is 12.1 Å². The van der Waals surface area contributed by atoms with Gasteiger partial charge < -0.3 is 20.3 Å². The Labute approximate surface area is 123 Å². The molecule has 3 N–H and O–H groups in total. The number of aliphatic hydroxyl groups is 1. The van der Waals surface area contributed by atoms with Gasteiger partial charge in [0.15, 0.2) is 0 Å². The van der Waals surface area contributed by atoms with Crippen LogP contribution < -0.4 is 15.2 Å². The number of ether oxygens (including phenoxy) is 2. The fourth-order valence-electron chi connectivity index (χ4n) is 1.66. The molecule has 0 aliphatic rings. The van der Waals surface area contributed by atoms with E-state index in [2.05, 4.69) is 0 Å². The van der Waals surface area contributed by atoms with E-state index in [0.29, 0.717) is 22.7 Å². The summed E-state index contributed by atoms with van der Waals surface area (Å²) >= 11 is 0. The van der Waals surface area contributed by atoms with Crippen molar-refractivity contribution in [2.45, 2.75) is 6.10 Å². The van der Waals surface area contributed by atoms with E-state index in [4.69, 9.17) is 20.5 Å². The third-order valence-corrected chi connectivity index (χ3v) is 2.78. The van der Waals surface area contributed by atoms with Gasteiger partial charge in [-0.15, -0.1) is 0 Å². The van der Waals surface area contributed by atoms with Crippen LogP contribution in [0.2, 0.25) is 0 Å². The number of nitrogen functional groups attached to an aromatic ring is 1. The van der Waals surface area contributed by atoms with E-state index in [-0.39, 0.29) is 13.2 Å². The maximum Gasteiger partial charge on any atom is 0.142 e. The van der Waals surface area contributed by atoms with Crippen molar-refractivity contribution in [1.82, 2.24) is 0 Å². The molecule has 21 heavy (non-hydrogen) atoms. The van der Waals surface area contributed by atoms with Crippen molar-refractivity contribution in [2.75, 3.05) is 18.9 Å². The molecular weight excluding hydrogens is 268 g/mol. The summed E-state index contributed by atoms with van der Waals surface area (Å²) in [6, 6.07) is 15.8. The molecule has 0 aromatic heterocycles. The fraction of sp³-hybridized carbons (Fsp3) is 0.188. The van der Waals surface area contributed by atoms with Gasteiger partial charge in [0, 0.05) is 0 Å². The van der Waals surface area contributed by atoms with E-state index in [1.807, 2.05) is 18.2 Å². The maximum atomic E-state index is 9.82. The van der Waals surface area contributed by atoms with Crippen LogP contribution in [-0.4, -0.2) is 24.4 Å². The van der Waals surface area contributed by atoms with E-state index in [9.17, 15) is 5.11 Å². The van der Waals surface area contributed by atoms with Crippen LogP contribution in [0.1, 0.15) is 5.56 Å². The molecular formula is C16H16N2O3. The van der Waals surface area contributed by atoms with Crippen LogP contribution >= 0.6 is 0 Å². The molecule has 0 radical (unpaired) electrons. The number of aliphatic hydroxyl groups excluding tert-OH is 1. The predicted molar refractivity (Wildman–Crippen MR) is 79.0 cm³/mol. The first-order chi connectivity index (χ1) is 10.2.